The Bertz CT molecular complexity index is 1470. The molecule has 0 radical (unpaired) electrons. The van der Waals surface area contributed by atoms with Crippen molar-refractivity contribution in [2.24, 2.45) is 5.92 Å². The van der Waals surface area contributed by atoms with Crippen LogP contribution in [0.1, 0.15) is 43.4 Å². The predicted octanol–water partition coefficient (Wildman–Crippen LogP) is 5.18. The first-order valence-electron chi connectivity index (χ1n) is 13.9. The van der Waals surface area contributed by atoms with Crippen LogP contribution >= 0.6 is 11.6 Å². The summed E-state index contributed by atoms with van der Waals surface area (Å²) >= 11 is 6.46. The van der Waals surface area contributed by atoms with E-state index < -0.39 is 22.1 Å². The van der Waals surface area contributed by atoms with E-state index >= 15 is 0 Å². The van der Waals surface area contributed by atoms with Crippen molar-refractivity contribution >= 4 is 27.6 Å². The second-order valence-electron chi connectivity index (χ2n) is 11.7. The van der Waals surface area contributed by atoms with E-state index in [0.29, 0.717) is 12.3 Å². The fourth-order valence-corrected chi connectivity index (χ4v) is 7.38. The average molecular weight is 599 g/mol. The minimum Gasteiger partial charge on any atom is -0.481 e. The summed E-state index contributed by atoms with van der Waals surface area (Å²) in [5.74, 6) is -0.329. The van der Waals surface area contributed by atoms with Crippen LogP contribution in [0.25, 0.3) is 11.1 Å². The number of β-amino-alcohol motifs (C(OH)–C–C–N with tert-alkyl or cyclic N) is 1. The maximum atomic E-state index is 13.3. The summed E-state index contributed by atoms with van der Waals surface area (Å²) in [5.41, 5.74) is 5.03. The summed E-state index contributed by atoms with van der Waals surface area (Å²) in [5, 5.41) is 23.2. The van der Waals surface area contributed by atoms with E-state index in [1.807, 2.05) is 24.3 Å². The number of hydrogen-bond acceptors (Lipinski definition) is 5. The van der Waals surface area contributed by atoms with Crippen LogP contribution in [0.5, 0.6) is 0 Å². The molecule has 3 aromatic rings. The van der Waals surface area contributed by atoms with Crippen molar-refractivity contribution in [2.75, 3.05) is 20.1 Å². The molecule has 0 spiro atoms. The highest BCUT2D eigenvalue weighted by Crippen LogP contribution is 2.32. The molecule has 7 nitrogen and oxygen atoms in total. The molecule has 3 aromatic carbocycles. The molecule has 0 bridgehead atoms. The van der Waals surface area contributed by atoms with Crippen LogP contribution in [0.15, 0.2) is 71.6 Å². The number of aliphatic hydroxyl groups is 1. The number of carboxylic acids is 1. The molecule has 9 heteroatoms. The number of aliphatic hydroxyl groups excluding tert-OH is 1. The Labute approximate surface area is 248 Å². The van der Waals surface area contributed by atoms with Crippen LogP contribution in [0.3, 0.4) is 0 Å². The molecule has 0 aliphatic heterocycles. The van der Waals surface area contributed by atoms with Gasteiger partial charge in [0, 0.05) is 32.1 Å². The Balaban J connectivity index is 1.34. The van der Waals surface area contributed by atoms with E-state index in [1.54, 1.807) is 12.1 Å². The Kier molecular flexibility index (Phi) is 9.93. The van der Waals surface area contributed by atoms with Crippen molar-refractivity contribution < 1.29 is 23.4 Å². The fourth-order valence-electron chi connectivity index (χ4n) is 5.66. The van der Waals surface area contributed by atoms with E-state index in [0.717, 1.165) is 40.3 Å². The lowest BCUT2D eigenvalue weighted by Crippen LogP contribution is -2.47. The van der Waals surface area contributed by atoms with E-state index in [9.17, 15) is 18.3 Å². The fraction of sp³-hybridized carbons (Fsp3) is 0.406. The molecule has 220 valence electrons. The molecular formula is C32H39ClN2O5S. The van der Waals surface area contributed by atoms with Crippen LogP contribution in [-0.4, -0.2) is 60.7 Å². The number of sulfonamides is 1. The summed E-state index contributed by atoms with van der Waals surface area (Å²) in [6.45, 7) is 4.42. The molecule has 0 aromatic heterocycles. The SMILES string of the molecule is CN(CC(O)CNC(C)(C)CC1Cc2ccccc2C1)S(=O)(=O)c1ccc(-c2cccc(CCC(=O)O)c2)cc1Cl. The van der Waals surface area contributed by atoms with Gasteiger partial charge in [-0.05, 0) is 85.4 Å². The van der Waals surface area contributed by atoms with Gasteiger partial charge in [0.1, 0.15) is 4.90 Å². The third kappa shape index (κ3) is 8.17. The number of carboxylic acid groups (broad SMARTS) is 1. The molecule has 0 amide bonds. The standard InChI is InChI=1S/C32H39ClN2O5S/c1-32(2,19-23-16-24-8-4-5-9-25(24)17-23)34-20-28(36)21-35(3)41(39,40)30-13-12-27(18-29(30)33)26-10-6-7-22(15-26)11-14-31(37)38/h4-10,12-13,15,18,23,28,34,36H,11,14,16-17,19-21H2,1-3H3,(H,37,38). The summed E-state index contributed by atoms with van der Waals surface area (Å²) in [7, 11) is -2.50. The van der Waals surface area contributed by atoms with E-state index in [-0.39, 0.29) is 35.0 Å². The van der Waals surface area contributed by atoms with Crippen LogP contribution in [0, 0.1) is 5.92 Å². The van der Waals surface area contributed by atoms with Crippen molar-refractivity contribution in [2.45, 2.75) is 62.5 Å². The van der Waals surface area contributed by atoms with Crippen LogP contribution < -0.4 is 5.32 Å². The number of fused-ring (bicyclic) bond motifs is 1. The summed E-state index contributed by atoms with van der Waals surface area (Å²) in [4.78, 5) is 10.9. The van der Waals surface area contributed by atoms with Gasteiger partial charge in [0.05, 0.1) is 11.1 Å². The van der Waals surface area contributed by atoms with E-state index in [2.05, 4.69) is 43.4 Å². The van der Waals surface area contributed by atoms with Gasteiger partial charge in [0.15, 0.2) is 0 Å². The van der Waals surface area contributed by atoms with Gasteiger partial charge in [0.2, 0.25) is 10.0 Å². The molecule has 1 atom stereocenters. The number of benzene rings is 3. The maximum Gasteiger partial charge on any atom is 0.303 e. The Morgan fingerprint density at radius 3 is 2.34 bits per heavy atom. The second kappa shape index (κ2) is 13.0. The molecule has 41 heavy (non-hydrogen) atoms. The maximum absolute atomic E-state index is 13.3. The van der Waals surface area contributed by atoms with Gasteiger partial charge in [-0.25, -0.2) is 8.42 Å². The Hall–Kier alpha value is -2.75. The zero-order valence-electron chi connectivity index (χ0n) is 23.8. The zero-order chi connectivity index (χ0) is 29.8. The quantitative estimate of drug-likeness (QED) is 0.250. The summed E-state index contributed by atoms with van der Waals surface area (Å²) in [6, 6.07) is 20.7. The molecular weight excluding hydrogens is 560 g/mol. The van der Waals surface area contributed by atoms with Crippen molar-refractivity contribution in [3.05, 3.63) is 88.4 Å². The monoisotopic (exact) mass is 598 g/mol. The first-order valence-corrected chi connectivity index (χ1v) is 15.7. The lowest BCUT2D eigenvalue weighted by Gasteiger charge is -2.31. The third-order valence-corrected chi connectivity index (χ3v) is 10.0. The number of nitrogens with one attached hydrogen (secondary N) is 1. The number of nitrogens with zero attached hydrogens (tertiary/aromatic N) is 1. The zero-order valence-corrected chi connectivity index (χ0v) is 25.4. The number of halogens is 1. The number of aryl methyl sites for hydroxylation is 1. The van der Waals surface area contributed by atoms with Crippen molar-refractivity contribution in [3.8, 4) is 11.1 Å². The lowest BCUT2D eigenvalue weighted by atomic mass is 9.88. The van der Waals surface area contributed by atoms with Crippen molar-refractivity contribution in [1.82, 2.24) is 9.62 Å². The summed E-state index contributed by atoms with van der Waals surface area (Å²) in [6.07, 6.45) is 2.59. The van der Waals surface area contributed by atoms with Crippen LogP contribution in [0.2, 0.25) is 5.02 Å². The highest BCUT2D eigenvalue weighted by molar-refractivity contribution is 7.89. The van der Waals surface area contributed by atoms with Gasteiger partial charge in [-0.15, -0.1) is 0 Å². The number of hydrogen-bond donors (Lipinski definition) is 3. The van der Waals surface area contributed by atoms with Gasteiger partial charge in [-0.2, -0.15) is 4.31 Å². The largest absolute Gasteiger partial charge is 0.481 e. The third-order valence-electron chi connectivity index (χ3n) is 7.73. The average Bonchev–Trinajstić information content (AvgIpc) is 3.32. The molecule has 0 heterocycles. The molecule has 3 N–H and O–H groups in total. The van der Waals surface area contributed by atoms with Crippen molar-refractivity contribution in [1.29, 1.82) is 0 Å². The second-order valence-corrected chi connectivity index (χ2v) is 14.1. The minimum atomic E-state index is -3.94. The first-order chi connectivity index (χ1) is 19.3. The van der Waals surface area contributed by atoms with Gasteiger partial charge in [0.25, 0.3) is 0 Å². The smallest absolute Gasteiger partial charge is 0.303 e. The molecule has 0 fully saturated rings. The Morgan fingerprint density at radius 2 is 1.71 bits per heavy atom. The normalized spacial score (nSPS) is 14.8. The lowest BCUT2D eigenvalue weighted by molar-refractivity contribution is -0.136. The molecule has 4 rings (SSSR count). The number of aliphatic carboxylic acids is 1. The van der Waals surface area contributed by atoms with Crippen LogP contribution in [0.4, 0.5) is 0 Å². The summed E-state index contributed by atoms with van der Waals surface area (Å²) < 4.78 is 27.8. The van der Waals surface area contributed by atoms with E-state index in [1.165, 1.54) is 24.2 Å². The first kappa shape index (κ1) is 31.2. The molecule has 0 saturated carbocycles. The topological polar surface area (TPSA) is 107 Å². The van der Waals surface area contributed by atoms with Gasteiger partial charge in [-0.1, -0.05) is 66.2 Å². The Morgan fingerprint density at radius 1 is 1.05 bits per heavy atom. The highest BCUT2D eigenvalue weighted by Gasteiger charge is 2.30. The van der Waals surface area contributed by atoms with E-state index in [4.69, 9.17) is 16.7 Å². The molecule has 1 aliphatic rings. The molecule has 1 aliphatic carbocycles. The minimum absolute atomic E-state index is 0.0297. The predicted molar refractivity (Wildman–Crippen MR) is 163 cm³/mol. The number of carbonyl (C=O) groups is 1. The van der Waals surface area contributed by atoms with Gasteiger partial charge >= 0.3 is 5.97 Å². The van der Waals surface area contributed by atoms with Crippen LogP contribution in [-0.2, 0) is 34.1 Å². The number of rotatable bonds is 13. The highest BCUT2D eigenvalue weighted by atomic mass is 35.5. The van der Waals surface area contributed by atoms with Gasteiger partial charge in [-0.3, -0.25) is 4.79 Å². The molecule has 0 saturated heterocycles. The van der Waals surface area contributed by atoms with Crippen molar-refractivity contribution in [3.63, 3.8) is 0 Å². The molecule has 1 unspecified atom stereocenters. The number of likely N-dealkylation sites (N-methyl/N-ethyl adjacent to an activating group) is 1. The van der Waals surface area contributed by atoms with Gasteiger partial charge < -0.3 is 15.5 Å².